The second-order valence-corrected chi connectivity index (χ2v) is 2.57. The lowest BCUT2D eigenvalue weighted by atomic mass is 10.5. The summed E-state index contributed by atoms with van der Waals surface area (Å²) in [5.74, 6) is 0.898. The van der Waals surface area contributed by atoms with Crippen LogP contribution in [0.4, 0.5) is 0 Å². The van der Waals surface area contributed by atoms with Crippen molar-refractivity contribution in [2.75, 3.05) is 0 Å². The summed E-state index contributed by atoms with van der Waals surface area (Å²) < 4.78 is 4.64. The Morgan fingerprint density at radius 3 is 2.43 bits per heavy atom. The van der Waals surface area contributed by atoms with Crippen molar-refractivity contribution in [1.29, 1.82) is 0 Å². The Morgan fingerprint density at radius 2 is 2.29 bits per heavy atom. The predicted molar refractivity (Wildman–Crippen MR) is 29.3 cm³/mol. The molecular weight excluding hydrogens is 135 g/mol. The first-order valence-corrected chi connectivity index (χ1v) is 2.80. The molecule has 40 valence electrons. The van der Waals surface area contributed by atoms with E-state index in [1.165, 1.54) is 0 Å². The van der Waals surface area contributed by atoms with Crippen LogP contribution in [0.1, 0.15) is 6.42 Å². The molecule has 0 bridgehead atoms. The molecule has 0 unspecified atom stereocenters. The van der Waals surface area contributed by atoms with E-state index in [2.05, 4.69) is 4.74 Å². The second-order valence-electron chi connectivity index (χ2n) is 1.30. The van der Waals surface area contributed by atoms with E-state index in [-0.39, 0.29) is 4.84 Å². The fourth-order valence-electron chi connectivity index (χ4n) is 0.290. The molecule has 0 saturated carbocycles. The number of allylic oxidation sites excluding steroid dienone is 1. The van der Waals surface area contributed by atoms with Crippen molar-refractivity contribution in [3.63, 3.8) is 0 Å². The first kappa shape index (κ1) is 5.26. The van der Waals surface area contributed by atoms with Gasteiger partial charge in [-0.1, -0.05) is 0 Å². The summed E-state index contributed by atoms with van der Waals surface area (Å²) >= 11 is 10.7. The molecule has 1 nitrogen and oxygen atoms in total. The molecule has 0 fully saturated rings. The number of hydrogen-bond donors (Lipinski definition) is 0. The van der Waals surface area contributed by atoms with Gasteiger partial charge < -0.3 is 4.74 Å². The zero-order chi connectivity index (χ0) is 5.28. The van der Waals surface area contributed by atoms with E-state index < -0.39 is 0 Å². The minimum Gasteiger partial charge on any atom is -0.462 e. The maximum absolute atomic E-state index is 5.36. The Balaban J connectivity index is 2.09. The van der Waals surface area contributed by atoms with Gasteiger partial charge in [0, 0.05) is 6.42 Å². The standard InChI is InChI=1S/C4H4Cl2O/c5-4(6)1-3-2-7-3/h2,4H,1H2. The highest BCUT2D eigenvalue weighted by Gasteiger charge is 2.12. The Labute approximate surface area is 51.9 Å². The van der Waals surface area contributed by atoms with Crippen molar-refractivity contribution in [3.05, 3.63) is 12.0 Å². The normalized spacial score (nSPS) is 16.1. The summed E-state index contributed by atoms with van der Waals surface area (Å²) in [7, 11) is 0. The van der Waals surface area contributed by atoms with Gasteiger partial charge in [0.25, 0.3) is 0 Å². The minimum atomic E-state index is -0.311. The zero-order valence-electron chi connectivity index (χ0n) is 3.53. The van der Waals surface area contributed by atoms with Crippen molar-refractivity contribution >= 4 is 23.2 Å². The predicted octanol–water partition coefficient (Wildman–Crippen LogP) is 2.05. The van der Waals surface area contributed by atoms with E-state index >= 15 is 0 Å². The zero-order valence-corrected chi connectivity index (χ0v) is 5.04. The van der Waals surface area contributed by atoms with Gasteiger partial charge in [-0.2, -0.15) is 0 Å². The molecule has 1 heterocycles. The second kappa shape index (κ2) is 1.93. The van der Waals surface area contributed by atoms with Crippen LogP contribution in [0.2, 0.25) is 0 Å². The smallest absolute Gasteiger partial charge is 0.141 e. The molecule has 0 atom stereocenters. The van der Waals surface area contributed by atoms with E-state index in [1.807, 2.05) is 0 Å². The summed E-state index contributed by atoms with van der Waals surface area (Å²) in [6.07, 6.45) is 2.28. The molecule has 0 saturated heterocycles. The molecule has 0 aromatic carbocycles. The van der Waals surface area contributed by atoms with Crippen LogP contribution >= 0.6 is 23.2 Å². The first-order chi connectivity index (χ1) is 3.29. The van der Waals surface area contributed by atoms with Crippen LogP contribution in [0.25, 0.3) is 0 Å². The van der Waals surface area contributed by atoms with E-state index in [0.29, 0.717) is 6.42 Å². The highest BCUT2D eigenvalue weighted by atomic mass is 35.5. The molecule has 0 aromatic rings. The average Bonchev–Trinajstić information content (AvgIpc) is 2.17. The number of rotatable bonds is 2. The molecule has 0 aromatic heterocycles. The minimum absolute atomic E-state index is 0.311. The Bertz CT molecular complexity index is 97.9. The fourth-order valence-corrected chi connectivity index (χ4v) is 0.594. The van der Waals surface area contributed by atoms with Crippen LogP contribution in [-0.4, -0.2) is 4.84 Å². The van der Waals surface area contributed by atoms with Crippen LogP contribution in [0.15, 0.2) is 12.0 Å². The van der Waals surface area contributed by atoms with Crippen molar-refractivity contribution in [3.8, 4) is 0 Å². The maximum atomic E-state index is 5.36. The maximum Gasteiger partial charge on any atom is 0.141 e. The molecule has 7 heavy (non-hydrogen) atoms. The van der Waals surface area contributed by atoms with Gasteiger partial charge in [-0.25, -0.2) is 0 Å². The largest absolute Gasteiger partial charge is 0.462 e. The molecule has 1 aliphatic rings. The average molecular weight is 139 g/mol. The summed E-state index contributed by atoms with van der Waals surface area (Å²) in [5, 5.41) is 0. The van der Waals surface area contributed by atoms with Gasteiger partial charge in [0.15, 0.2) is 0 Å². The Morgan fingerprint density at radius 1 is 1.71 bits per heavy atom. The van der Waals surface area contributed by atoms with Gasteiger partial charge in [-0.15, -0.1) is 23.2 Å². The molecule has 0 radical (unpaired) electrons. The van der Waals surface area contributed by atoms with Crippen molar-refractivity contribution in [2.24, 2.45) is 0 Å². The summed E-state index contributed by atoms with van der Waals surface area (Å²) in [4.78, 5) is -0.311. The number of ether oxygens (including phenoxy) is 1. The lowest BCUT2D eigenvalue weighted by Gasteiger charge is -1.88. The highest BCUT2D eigenvalue weighted by molar-refractivity contribution is 6.44. The van der Waals surface area contributed by atoms with Crippen molar-refractivity contribution < 1.29 is 4.74 Å². The number of alkyl halides is 2. The van der Waals surface area contributed by atoms with Gasteiger partial charge in [-0.3, -0.25) is 0 Å². The molecule has 0 N–H and O–H groups in total. The molecule has 0 amide bonds. The summed E-state index contributed by atoms with van der Waals surface area (Å²) in [6, 6.07) is 0. The van der Waals surface area contributed by atoms with E-state index in [1.54, 1.807) is 6.26 Å². The first-order valence-electron chi connectivity index (χ1n) is 1.93. The third kappa shape index (κ3) is 2.05. The number of halogens is 2. The van der Waals surface area contributed by atoms with Gasteiger partial charge in [0.2, 0.25) is 0 Å². The molecule has 0 aliphatic carbocycles. The summed E-state index contributed by atoms with van der Waals surface area (Å²) in [5.41, 5.74) is 0. The third-order valence-corrected chi connectivity index (χ3v) is 0.949. The molecule has 1 aliphatic heterocycles. The van der Waals surface area contributed by atoms with E-state index in [9.17, 15) is 0 Å². The lowest BCUT2D eigenvalue weighted by Crippen LogP contribution is -1.81. The van der Waals surface area contributed by atoms with Gasteiger partial charge >= 0.3 is 0 Å². The quantitative estimate of drug-likeness (QED) is 0.533. The van der Waals surface area contributed by atoms with E-state index in [0.717, 1.165) is 5.76 Å². The SMILES string of the molecule is ClC(Cl)CC1=CO1. The molecular formula is C4H4Cl2O. The molecule has 1 rings (SSSR count). The van der Waals surface area contributed by atoms with Gasteiger partial charge in [0.1, 0.15) is 16.9 Å². The highest BCUT2D eigenvalue weighted by Crippen LogP contribution is 2.23. The molecule has 0 spiro atoms. The van der Waals surface area contributed by atoms with E-state index in [4.69, 9.17) is 23.2 Å². The van der Waals surface area contributed by atoms with Crippen LogP contribution in [0.5, 0.6) is 0 Å². The fraction of sp³-hybridized carbons (Fsp3) is 0.500. The lowest BCUT2D eigenvalue weighted by molar-refractivity contribution is 0.486. The van der Waals surface area contributed by atoms with Gasteiger partial charge in [0.05, 0.1) is 0 Å². The summed E-state index contributed by atoms with van der Waals surface area (Å²) in [6.45, 7) is 0. The Kier molecular flexibility index (Phi) is 1.45. The third-order valence-electron chi connectivity index (χ3n) is 0.640. The monoisotopic (exact) mass is 138 g/mol. The van der Waals surface area contributed by atoms with Crippen LogP contribution in [0.3, 0.4) is 0 Å². The van der Waals surface area contributed by atoms with Gasteiger partial charge in [-0.05, 0) is 0 Å². The van der Waals surface area contributed by atoms with Crippen LogP contribution in [0, 0.1) is 0 Å². The number of hydrogen-bond acceptors (Lipinski definition) is 1. The molecule has 3 heteroatoms. The topological polar surface area (TPSA) is 12.5 Å². The van der Waals surface area contributed by atoms with Crippen LogP contribution in [-0.2, 0) is 4.74 Å². The van der Waals surface area contributed by atoms with Crippen molar-refractivity contribution in [1.82, 2.24) is 0 Å². The van der Waals surface area contributed by atoms with Crippen LogP contribution < -0.4 is 0 Å². The Hall–Kier alpha value is 0.120. The van der Waals surface area contributed by atoms with Crippen molar-refractivity contribution in [2.45, 2.75) is 11.3 Å².